The van der Waals surface area contributed by atoms with E-state index in [9.17, 15) is 0 Å². The zero-order valence-corrected chi connectivity index (χ0v) is 12.0. The normalized spacial score (nSPS) is 22.1. The Morgan fingerprint density at radius 2 is 1.94 bits per heavy atom. The molecule has 4 nitrogen and oxygen atoms in total. The molecule has 100 valence electrons. The van der Waals surface area contributed by atoms with Crippen LogP contribution in [0.2, 0.25) is 0 Å². The number of hydrogen-bond acceptors (Lipinski definition) is 4. The fraction of sp³-hybridized carbons (Fsp3) is 0.714. The Bertz CT molecular complexity index is 428. The van der Waals surface area contributed by atoms with E-state index in [4.69, 9.17) is 0 Å². The molecule has 4 heteroatoms. The highest BCUT2D eigenvalue weighted by Gasteiger charge is 2.36. The summed E-state index contributed by atoms with van der Waals surface area (Å²) in [7, 11) is 1.91. The molecule has 0 aromatic carbocycles. The van der Waals surface area contributed by atoms with Gasteiger partial charge < -0.3 is 10.6 Å². The van der Waals surface area contributed by atoms with E-state index in [0.717, 1.165) is 28.9 Å². The van der Waals surface area contributed by atoms with Crippen LogP contribution in [0, 0.1) is 12.8 Å². The van der Waals surface area contributed by atoms with Crippen LogP contribution in [0.5, 0.6) is 0 Å². The van der Waals surface area contributed by atoms with Gasteiger partial charge in [0.25, 0.3) is 0 Å². The molecule has 1 heterocycles. The van der Waals surface area contributed by atoms with E-state index >= 15 is 0 Å². The average Bonchev–Trinajstić information content (AvgIpc) is 3.10. The van der Waals surface area contributed by atoms with Crippen LogP contribution < -0.4 is 10.6 Å². The van der Waals surface area contributed by atoms with Crippen molar-refractivity contribution >= 4 is 11.6 Å². The minimum absolute atomic E-state index is 0.347. The number of nitrogens with one attached hydrogen (secondary N) is 2. The number of nitrogens with zero attached hydrogens (tertiary/aromatic N) is 2. The SMILES string of the molecule is CCC1CC1Nc1nc(C(C)C)nc(NC)c1C. The lowest BCUT2D eigenvalue weighted by Gasteiger charge is -2.15. The van der Waals surface area contributed by atoms with Crippen LogP contribution in [0.1, 0.15) is 50.9 Å². The first kappa shape index (κ1) is 13.1. The van der Waals surface area contributed by atoms with E-state index < -0.39 is 0 Å². The van der Waals surface area contributed by atoms with Gasteiger partial charge in [0, 0.05) is 24.6 Å². The maximum atomic E-state index is 4.67. The third kappa shape index (κ3) is 2.57. The molecule has 0 saturated heterocycles. The van der Waals surface area contributed by atoms with Crippen molar-refractivity contribution < 1.29 is 0 Å². The summed E-state index contributed by atoms with van der Waals surface area (Å²) in [5, 5.41) is 6.72. The molecule has 2 unspecified atom stereocenters. The van der Waals surface area contributed by atoms with Gasteiger partial charge in [0.15, 0.2) is 0 Å². The molecule has 18 heavy (non-hydrogen) atoms. The molecule has 0 radical (unpaired) electrons. The van der Waals surface area contributed by atoms with E-state index in [1.54, 1.807) is 0 Å². The Balaban J connectivity index is 2.24. The van der Waals surface area contributed by atoms with Crippen molar-refractivity contribution in [2.24, 2.45) is 5.92 Å². The second-order valence-electron chi connectivity index (χ2n) is 5.46. The first-order chi connectivity index (χ1) is 8.56. The molecule has 1 aromatic rings. The van der Waals surface area contributed by atoms with Crippen molar-refractivity contribution in [1.82, 2.24) is 9.97 Å². The molecule has 0 aliphatic heterocycles. The van der Waals surface area contributed by atoms with Gasteiger partial charge in [-0.15, -0.1) is 0 Å². The van der Waals surface area contributed by atoms with Crippen LogP contribution in [0.3, 0.4) is 0 Å². The number of anilines is 2. The summed E-state index contributed by atoms with van der Waals surface area (Å²) in [5.74, 6) is 4.00. The van der Waals surface area contributed by atoms with E-state index in [1.165, 1.54) is 12.8 Å². The van der Waals surface area contributed by atoms with Crippen molar-refractivity contribution in [3.63, 3.8) is 0 Å². The van der Waals surface area contributed by atoms with Gasteiger partial charge in [0.05, 0.1) is 0 Å². The highest BCUT2D eigenvalue weighted by Crippen LogP contribution is 2.37. The molecule has 2 atom stereocenters. The Hall–Kier alpha value is -1.32. The maximum absolute atomic E-state index is 4.67. The lowest BCUT2D eigenvalue weighted by atomic mass is 10.2. The van der Waals surface area contributed by atoms with E-state index in [0.29, 0.717) is 12.0 Å². The monoisotopic (exact) mass is 248 g/mol. The summed E-state index contributed by atoms with van der Waals surface area (Å²) in [6.45, 7) is 8.57. The Labute approximate surface area is 110 Å². The predicted molar refractivity (Wildman–Crippen MR) is 76.2 cm³/mol. The molecule has 2 N–H and O–H groups in total. The van der Waals surface area contributed by atoms with Gasteiger partial charge >= 0.3 is 0 Å². The van der Waals surface area contributed by atoms with Crippen molar-refractivity contribution in [3.8, 4) is 0 Å². The third-order valence-corrected chi connectivity index (χ3v) is 3.69. The van der Waals surface area contributed by atoms with Gasteiger partial charge in [-0.05, 0) is 19.3 Å². The zero-order chi connectivity index (χ0) is 13.3. The minimum atomic E-state index is 0.347. The van der Waals surface area contributed by atoms with E-state index in [2.05, 4.69) is 48.3 Å². The summed E-state index contributed by atoms with van der Waals surface area (Å²) in [5.41, 5.74) is 1.11. The lowest BCUT2D eigenvalue weighted by Crippen LogP contribution is -2.12. The molecule has 0 bridgehead atoms. The van der Waals surface area contributed by atoms with Crippen molar-refractivity contribution in [3.05, 3.63) is 11.4 Å². The van der Waals surface area contributed by atoms with Gasteiger partial charge in [-0.2, -0.15) is 0 Å². The van der Waals surface area contributed by atoms with Crippen LogP contribution in [-0.2, 0) is 0 Å². The van der Waals surface area contributed by atoms with Crippen LogP contribution in [0.15, 0.2) is 0 Å². The standard InChI is InChI=1S/C14H24N4/c1-6-10-7-11(10)16-14-9(4)13(15-5)17-12(18-14)8(2)3/h8,10-11H,6-7H2,1-5H3,(H2,15,16,17,18). The molecule has 0 amide bonds. The first-order valence-corrected chi connectivity index (χ1v) is 6.89. The lowest BCUT2D eigenvalue weighted by molar-refractivity contribution is 0.759. The summed E-state index contributed by atoms with van der Waals surface area (Å²) in [6.07, 6.45) is 2.52. The van der Waals surface area contributed by atoms with Crippen LogP contribution in [-0.4, -0.2) is 23.1 Å². The van der Waals surface area contributed by atoms with E-state index in [-0.39, 0.29) is 0 Å². The zero-order valence-electron chi connectivity index (χ0n) is 12.0. The molecule has 0 spiro atoms. The summed E-state index contributed by atoms with van der Waals surface area (Å²) >= 11 is 0. The number of hydrogen-bond donors (Lipinski definition) is 2. The average molecular weight is 248 g/mol. The van der Waals surface area contributed by atoms with Gasteiger partial charge in [-0.3, -0.25) is 0 Å². The quantitative estimate of drug-likeness (QED) is 0.840. The maximum Gasteiger partial charge on any atom is 0.135 e. The molecule has 1 saturated carbocycles. The Kier molecular flexibility index (Phi) is 3.73. The molecule has 1 aliphatic rings. The summed E-state index contributed by atoms with van der Waals surface area (Å²) in [6, 6.07) is 0.605. The second-order valence-corrected chi connectivity index (χ2v) is 5.46. The van der Waals surface area contributed by atoms with Crippen LogP contribution in [0.4, 0.5) is 11.6 Å². The van der Waals surface area contributed by atoms with Crippen LogP contribution in [0.25, 0.3) is 0 Å². The van der Waals surface area contributed by atoms with Crippen LogP contribution >= 0.6 is 0 Å². The van der Waals surface area contributed by atoms with Gasteiger partial charge in [-0.25, -0.2) is 9.97 Å². The largest absolute Gasteiger partial charge is 0.373 e. The Morgan fingerprint density at radius 3 is 2.44 bits per heavy atom. The summed E-state index contributed by atoms with van der Waals surface area (Å²) < 4.78 is 0. The van der Waals surface area contributed by atoms with Gasteiger partial charge in [0.2, 0.25) is 0 Å². The number of aromatic nitrogens is 2. The smallest absolute Gasteiger partial charge is 0.135 e. The molecule has 1 fully saturated rings. The van der Waals surface area contributed by atoms with Gasteiger partial charge in [-0.1, -0.05) is 27.2 Å². The minimum Gasteiger partial charge on any atom is -0.373 e. The topological polar surface area (TPSA) is 49.8 Å². The molecule has 1 aromatic heterocycles. The molecular formula is C14H24N4. The molecular weight excluding hydrogens is 224 g/mol. The van der Waals surface area contributed by atoms with E-state index in [1.807, 2.05) is 7.05 Å². The Morgan fingerprint density at radius 1 is 1.28 bits per heavy atom. The van der Waals surface area contributed by atoms with Crippen molar-refractivity contribution in [2.75, 3.05) is 17.7 Å². The third-order valence-electron chi connectivity index (χ3n) is 3.69. The number of rotatable bonds is 5. The van der Waals surface area contributed by atoms with Crippen molar-refractivity contribution in [1.29, 1.82) is 0 Å². The summed E-state index contributed by atoms with van der Waals surface area (Å²) in [4.78, 5) is 9.22. The highest BCUT2D eigenvalue weighted by molar-refractivity contribution is 5.58. The predicted octanol–water partition coefficient (Wildman–Crippen LogP) is 3.16. The second kappa shape index (κ2) is 5.12. The fourth-order valence-corrected chi connectivity index (χ4v) is 2.23. The fourth-order valence-electron chi connectivity index (χ4n) is 2.23. The molecule has 1 aliphatic carbocycles. The molecule has 2 rings (SSSR count). The van der Waals surface area contributed by atoms with Gasteiger partial charge in [0.1, 0.15) is 17.5 Å². The first-order valence-electron chi connectivity index (χ1n) is 6.89. The highest BCUT2D eigenvalue weighted by atomic mass is 15.1. The van der Waals surface area contributed by atoms with Crippen molar-refractivity contribution in [2.45, 2.75) is 52.5 Å².